The molecule has 0 radical (unpaired) electrons. The van der Waals surface area contributed by atoms with E-state index in [9.17, 15) is 18.0 Å². The topological polar surface area (TPSA) is 110 Å². The molecule has 0 aromatic rings. The predicted molar refractivity (Wildman–Crippen MR) is 55.3 cm³/mol. The number of ether oxygens (including phenoxy) is 1. The molecule has 0 aliphatic heterocycles. The first-order chi connectivity index (χ1) is 7.37. The highest BCUT2D eigenvalue weighted by Crippen LogP contribution is 1.96. The number of hydrogen-bond acceptors (Lipinski definition) is 5. The lowest BCUT2D eigenvalue weighted by Crippen LogP contribution is -2.31. The van der Waals surface area contributed by atoms with Crippen molar-refractivity contribution in [1.82, 2.24) is 4.72 Å². The molecule has 0 rings (SSSR count). The number of nitrogens with one attached hydrogen (secondary N) is 1. The summed E-state index contributed by atoms with van der Waals surface area (Å²) in [6, 6.07) is 0. The van der Waals surface area contributed by atoms with Gasteiger partial charge in [0, 0.05) is 6.42 Å². The zero-order chi connectivity index (χ0) is 12.6. The second-order valence-electron chi connectivity index (χ2n) is 2.94. The number of hydrogen-bond donors (Lipinski definition) is 2. The van der Waals surface area contributed by atoms with E-state index in [0.29, 0.717) is 0 Å². The van der Waals surface area contributed by atoms with Crippen molar-refractivity contribution in [2.45, 2.75) is 19.8 Å². The maximum Gasteiger partial charge on any atom is 0.318 e. The van der Waals surface area contributed by atoms with Gasteiger partial charge in [-0.25, -0.2) is 13.1 Å². The van der Waals surface area contributed by atoms with Crippen LogP contribution in [0.15, 0.2) is 0 Å². The van der Waals surface area contributed by atoms with Crippen LogP contribution in [0.4, 0.5) is 0 Å². The average Bonchev–Trinajstić information content (AvgIpc) is 2.15. The van der Waals surface area contributed by atoms with Crippen LogP contribution < -0.4 is 4.72 Å². The summed E-state index contributed by atoms with van der Waals surface area (Å²) in [6.45, 7) is 1.26. The van der Waals surface area contributed by atoms with Crippen LogP contribution in [0.2, 0.25) is 0 Å². The molecule has 0 fully saturated rings. The fourth-order valence-corrected chi connectivity index (χ4v) is 1.90. The van der Waals surface area contributed by atoms with Crippen molar-refractivity contribution in [3.63, 3.8) is 0 Å². The van der Waals surface area contributed by atoms with E-state index in [1.165, 1.54) is 0 Å². The van der Waals surface area contributed by atoms with Gasteiger partial charge in [-0.2, -0.15) is 0 Å². The van der Waals surface area contributed by atoms with Gasteiger partial charge < -0.3 is 9.84 Å². The molecule has 0 atom stereocenters. The Morgan fingerprint density at radius 2 is 2.00 bits per heavy atom. The minimum absolute atomic E-state index is 0.00181. The Morgan fingerprint density at radius 3 is 2.50 bits per heavy atom. The van der Waals surface area contributed by atoms with E-state index >= 15 is 0 Å². The molecule has 0 saturated heterocycles. The van der Waals surface area contributed by atoms with Crippen LogP contribution in [0, 0.1) is 0 Å². The minimum atomic E-state index is -3.63. The van der Waals surface area contributed by atoms with E-state index in [-0.39, 0.29) is 25.2 Å². The van der Waals surface area contributed by atoms with Crippen LogP contribution in [-0.2, 0) is 24.3 Å². The molecule has 0 aliphatic carbocycles. The summed E-state index contributed by atoms with van der Waals surface area (Å²) in [5.41, 5.74) is 0. The van der Waals surface area contributed by atoms with E-state index in [0.717, 1.165) is 0 Å². The molecular formula is C8H15NO6S. The molecule has 0 amide bonds. The quantitative estimate of drug-likeness (QED) is 0.555. The summed E-state index contributed by atoms with van der Waals surface area (Å²) < 4.78 is 28.8. The van der Waals surface area contributed by atoms with Crippen LogP contribution in [-0.4, -0.2) is 44.4 Å². The Bertz CT molecular complexity index is 336. The lowest BCUT2D eigenvalue weighted by Gasteiger charge is -2.04. The minimum Gasteiger partial charge on any atom is -0.480 e. The number of sulfonamides is 1. The molecule has 94 valence electrons. The monoisotopic (exact) mass is 253 g/mol. The molecule has 2 N–H and O–H groups in total. The highest BCUT2D eigenvalue weighted by atomic mass is 32.2. The van der Waals surface area contributed by atoms with E-state index < -0.39 is 28.5 Å². The Hall–Kier alpha value is -1.15. The first-order valence-corrected chi connectivity index (χ1v) is 6.37. The van der Waals surface area contributed by atoms with Crippen LogP contribution in [0.25, 0.3) is 0 Å². The number of carboxylic acid groups (broad SMARTS) is 1. The smallest absolute Gasteiger partial charge is 0.318 e. The van der Waals surface area contributed by atoms with Gasteiger partial charge in [0.15, 0.2) is 0 Å². The first kappa shape index (κ1) is 14.8. The van der Waals surface area contributed by atoms with Gasteiger partial charge in [-0.1, -0.05) is 0 Å². The predicted octanol–water partition coefficient (Wildman–Crippen LogP) is -0.666. The molecule has 0 aromatic heterocycles. The third kappa shape index (κ3) is 8.18. The van der Waals surface area contributed by atoms with Crippen molar-refractivity contribution >= 4 is 22.0 Å². The van der Waals surface area contributed by atoms with Gasteiger partial charge in [-0.05, 0) is 13.3 Å². The Labute approximate surface area is 93.8 Å². The fraction of sp³-hybridized carbons (Fsp3) is 0.750. The normalized spacial score (nSPS) is 11.1. The van der Waals surface area contributed by atoms with E-state index in [2.05, 4.69) is 4.74 Å². The highest BCUT2D eigenvalue weighted by molar-refractivity contribution is 7.89. The number of aliphatic carboxylic acids is 1. The summed E-state index contributed by atoms with van der Waals surface area (Å²) in [5.74, 6) is -2.01. The molecule has 0 bridgehead atoms. The van der Waals surface area contributed by atoms with E-state index in [1.807, 2.05) is 4.72 Å². The number of rotatable bonds is 8. The van der Waals surface area contributed by atoms with Gasteiger partial charge in [-0.15, -0.1) is 0 Å². The van der Waals surface area contributed by atoms with Crippen molar-refractivity contribution in [2.24, 2.45) is 0 Å². The molecule has 16 heavy (non-hydrogen) atoms. The molecule has 7 nitrogen and oxygen atoms in total. The number of esters is 1. The molecule has 0 heterocycles. The second kappa shape index (κ2) is 7.18. The zero-order valence-corrected chi connectivity index (χ0v) is 9.75. The number of carboxylic acids is 1. The molecule has 8 heteroatoms. The van der Waals surface area contributed by atoms with Crippen LogP contribution in [0.1, 0.15) is 19.8 Å². The Morgan fingerprint density at radius 1 is 1.38 bits per heavy atom. The van der Waals surface area contributed by atoms with Crippen molar-refractivity contribution in [2.75, 3.05) is 18.9 Å². The van der Waals surface area contributed by atoms with Gasteiger partial charge >= 0.3 is 11.9 Å². The van der Waals surface area contributed by atoms with E-state index in [4.69, 9.17) is 5.11 Å². The maximum absolute atomic E-state index is 11.1. The molecule has 0 unspecified atom stereocenters. The molecular weight excluding hydrogens is 238 g/mol. The summed E-state index contributed by atoms with van der Waals surface area (Å²) >= 11 is 0. The first-order valence-electron chi connectivity index (χ1n) is 4.72. The fourth-order valence-electron chi connectivity index (χ4n) is 0.884. The third-order valence-corrected chi connectivity index (χ3v) is 2.95. The Kier molecular flexibility index (Phi) is 6.66. The summed E-state index contributed by atoms with van der Waals surface area (Å²) in [5, 5.41) is 8.26. The highest BCUT2D eigenvalue weighted by Gasteiger charge is 2.12. The number of carbonyl (C=O) groups is 2. The zero-order valence-electron chi connectivity index (χ0n) is 8.93. The van der Waals surface area contributed by atoms with E-state index in [1.54, 1.807) is 6.92 Å². The summed E-state index contributed by atoms with van der Waals surface area (Å²) in [4.78, 5) is 21.0. The van der Waals surface area contributed by atoms with Gasteiger partial charge in [0.2, 0.25) is 10.0 Å². The lowest BCUT2D eigenvalue weighted by atomic mass is 10.3. The molecule has 0 saturated carbocycles. The second-order valence-corrected chi connectivity index (χ2v) is 4.87. The van der Waals surface area contributed by atoms with Crippen LogP contribution in [0.3, 0.4) is 0 Å². The lowest BCUT2D eigenvalue weighted by molar-refractivity contribution is -0.143. The SMILES string of the molecule is CCOC(=O)CCCS(=O)(=O)NCC(=O)O. The van der Waals surface area contributed by atoms with Crippen LogP contribution in [0.5, 0.6) is 0 Å². The van der Waals surface area contributed by atoms with Gasteiger partial charge in [-0.3, -0.25) is 9.59 Å². The Balaban J connectivity index is 3.82. The largest absolute Gasteiger partial charge is 0.480 e. The van der Waals surface area contributed by atoms with Gasteiger partial charge in [0.1, 0.15) is 6.54 Å². The molecule has 0 aromatic carbocycles. The maximum atomic E-state index is 11.1. The van der Waals surface area contributed by atoms with Crippen LogP contribution >= 0.6 is 0 Å². The summed E-state index contributed by atoms with van der Waals surface area (Å²) in [6.07, 6.45) is 0.107. The van der Waals surface area contributed by atoms with Crippen molar-refractivity contribution in [1.29, 1.82) is 0 Å². The van der Waals surface area contributed by atoms with Gasteiger partial charge in [0.25, 0.3) is 0 Å². The third-order valence-electron chi connectivity index (χ3n) is 1.54. The van der Waals surface area contributed by atoms with Crippen molar-refractivity contribution in [3.8, 4) is 0 Å². The molecule has 0 aliphatic rings. The van der Waals surface area contributed by atoms with Crippen molar-refractivity contribution < 1.29 is 27.9 Å². The molecule has 0 spiro atoms. The number of carbonyl (C=O) groups excluding carboxylic acids is 1. The standard InChI is InChI=1S/C8H15NO6S/c1-2-15-8(12)4-3-5-16(13,14)9-6-7(10)11/h9H,2-6H2,1H3,(H,10,11). The van der Waals surface area contributed by atoms with Crippen molar-refractivity contribution in [3.05, 3.63) is 0 Å². The van der Waals surface area contributed by atoms with Gasteiger partial charge in [0.05, 0.1) is 12.4 Å². The summed E-state index contributed by atoms with van der Waals surface area (Å²) in [7, 11) is -3.63. The average molecular weight is 253 g/mol.